The van der Waals surface area contributed by atoms with Gasteiger partial charge in [0.15, 0.2) is 0 Å². The van der Waals surface area contributed by atoms with Crippen molar-refractivity contribution in [3.8, 4) is 0 Å². The third kappa shape index (κ3) is 5.22. The van der Waals surface area contributed by atoms with Gasteiger partial charge in [-0.15, -0.1) is 6.58 Å². The summed E-state index contributed by atoms with van der Waals surface area (Å²) in [5.41, 5.74) is 0. The van der Waals surface area contributed by atoms with Crippen LogP contribution < -0.4 is 5.32 Å². The van der Waals surface area contributed by atoms with Crippen LogP contribution >= 0.6 is 0 Å². The third-order valence-electron chi connectivity index (χ3n) is 2.90. The van der Waals surface area contributed by atoms with E-state index in [0.717, 1.165) is 32.5 Å². The third-order valence-corrected chi connectivity index (χ3v) is 2.90. The molecule has 0 spiro atoms. The second-order valence-corrected chi connectivity index (χ2v) is 4.86. The van der Waals surface area contributed by atoms with Gasteiger partial charge in [-0.3, -0.25) is 0 Å². The molecule has 1 saturated heterocycles. The lowest BCUT2D eigenvalue weighted by atomic mass is 9.98. The second kappa shape index (κ2) is 7.33. The monoisotopic (exact) mass is 240 g/mol. The molecule has 0 saturated carbocycles. The fraction of sp³-hybridized carbons (Fsp3) is 0.769. The predicted molar refractivity (Wildman–Crippen MR) is 69.0 cm³/mol. The fourth-order valence-electron chi connectivity index (χ4n) is 1.96. The van der Waals surface area contributed by atoms with E-state index >= 15 is 0 Å². The number of amides is 2. The van der Waals surface area contributed by atoms with Gasteiger partial charge < -0.3 is 15.0 Å². The molecule has 1 aliphatic rings. The Kier molecular flexibility index (Phi) is 6.05. The molecular formula is C13H24N2O2. The topological polar surface area (TPSA) is 41.6 Å². The van der Waals surface area contributed by atoms with Gasteiger partial charge in [0.05, 0.1) is 6.61 Å². The quantitative estimate of drug-likeness (QED) is 0.590. The Morgan fingerprint density at radius 1 is 1.53 bits per heavy atom. The van der Waals surface area contributed by atoms with Crippen molar-refractivity contribution < 1.29 is 9.53 Å². The van der Waals surface area contributed by atoms with Gasteiger partial charge in [-0.05, 0) is 32.6 Å². The van der Waals surface area contributed by atoms with Gasteiger partial charge in [0.1, 0.15) is 0 Å². The number of nitrogens with zero attached hydrogens (tertiary/aromatic N) is 1. The maximum atomic E-state index is 11.7. The number of piperidine rings is 1. The molecule has 17 heavy (non-hydrogen) atoms. The zero-order valence-electron chi connectivity index (χ0n) is 10.9. The lowest BCUT2D eigenvalue weighted by Gasteiger charge is -2.32. The van der Waals surface area contributed by atoms with E-state index in [1.165, 1.54) is 0 Å². The molecule has 0 aromatic rings. The number of carbonyl (C=O) groups excluding carboxylic acids is 1. The van der Waals surface area contributed by atoms with Crippen LogP contribution in [0.25, 0.3) is 0 Å². The number of ether oxygens (including phenoxy) is 1. The van der Waals surface area contributed by atoms with Crippen LogP contribution in [0.15, 0.2) is 12.7 Å². The standard InChI is InChI=1S/C13H24N2O2/c1-4-9-17-10-12-5-7-15(8-6-12)13(16)14-11(2)3/h4,11-12H,1,5-10H2,2-3H3,(H,14,16). The highest BCUT2D eigenvalue weighted by molar-refractivity contribution is 5.74. The summed E-state index contributed by atoms with van der Waals surface area (Å²) in [4.78, 5) is 13.6. The molecule has 1 heterocycles. The molecular weight excluding hydrogens is 216 g/mol. The molecule has 1 rings (SSSR count). The van der Waals surface area contributed by atoms with Crippen LogP contribution in [0.1, 0.15) is 26.7 Å². The summed E-state index contributed by atoms with van der Waals surface area (Å²) in [6, 6.07) is 0.265. The first kappa shape index (κ1) is 14.0. The van der Waals surface area contributed by atoms with Gasteiger partial charge in [0, 0.05) is 25.7 Å². The molecule has 1 N–H and O–H groups in total. The van der Waals surface area contributed by atoms with E-state index in [-0.39, 0.29) is 12.1 Å². The molecule has 0 aromatic carbocycles. The zero-order valence-corrected chi connectivity index (χ0v) is 10.9. The normalized spacial score (nSPS) is 17.2. The maximum absolute atomic E-state index is 11.7. The van der Waals surface area contributed by atoms with E-state index in [1.807, 2.05) is 18.7 Å². The number of rotatable bonds is 5. The minimum atomic E-state index is 0.0606. The first-order valence-electron chi connectivity index (χ1n) is 6.37. The van der Waals surface area contributed by atoms with Gasteiger partial charge in [-0.25, -0.2) is 4.79 Å². The van der Waals surface area contributed by atoms with E-state index in [9.17, 15) is 4.79 Å². The number of hydrogen-bond donors (Lipinski definition) is 1. The Morgan fingerprint density at radius 3 is 2.71 bits per heavy atom. The van der Waals surface area contributed by atoms with E-state index in [2.05, 4.69) is 11.9 Å². The van der Waals surface area contributed by atoms with Gasteiger partial charge >= 0.3 is 6.03 Å². The second-order valence-electron chi connectivity index (χ2n) is 4.86. The summed E-state index contributed by atoms with van der Waals surface area (Å²) in [5.74, 6) is 0.582. The van der Waals surface area contributed by atoms with Crippen molar-refractivity contribution in [2.45, 2.75) is 32.7 Å². The molecule has 98 valence electrons. The van der Waals surface area contributed by atoms with E-state index in [1.54, 1.807) is 6.08 Å². The smallest absolute Gasteiger partial charge is 0.317 e. The molecule has 2 amide bonds. The molecule has 0 aliphatic carbocycles. The van der Waals surface area contributed by atoms with E-state index in [4.69, 9.17) is 4.74 Å². The van der Waals surface area contributed by atoms with Gasteiger partial charge in [0.25, 0.3) is 0 Å². The first-order chi connectivity index (χ1) is 8.13. The molecule has 1 fully saturated rings. The largest absolute Gasteiger partial charge is 0.377 e. The lowest BCUT2D eigenvalue weighted by molar-refractivity contribution is 0.0883. The molecule has 0 aromatic heterocycles. The van der Waals surface area contributed by atoms with Crippen molar-refractivity contribution in [2.75, 3.05) is 26.3 Å². The van der Waals surface area contributed by atoms with Crippen LogP contribution in [-0.4, -0.2) is 43.3 Å². The van der Waals surface area contributed by atoms with E-state index in [0.29, 0.717) is 12.5 Å². The Hall–Kier alpha value is -1.03. The minimum Gasteiger partial charge on any atom is -0.377 e. The van der Waals surface area contributed by atoms with E-state index < -0.39 is 0 Å². The lowest BCUT2D eigenvalue weighted by Crippen LogP contribution is -2.46. The molecule has 4 heteroatoms. The summed E-state index contributed by atoms with van der Waals surface area (Å²) < 4.78 is 5.45. The van der Waals surface area contributed by atoms with Crippen LogP contribution in [0.5, 0.6) is 0 Å². The van der Waals surface area contributed by atoms with Gasteiger partial charge in [-0.1, -0.05) is 6.08 Å². The number of likely N-dealkylation sites (tertiary alicyclic amines) is 1. The minimum absolute atomic E-state index is 0.0606. The van der Waals surface area contributed by atoms with Gasteiger partial charge in [0.2, 0.25) is 0 Å². The van der Waals surface area contributed by atoms with Crippen LogP contribution in [0, 0.1) is 5.92 Å². The number of carbonyl (C=O) groups is 1. The van der Waals surface area contributed by atoms with Crippen molar-refractivity contribution in [3.05, 3.63) is 12.7 Å². The van der Waals surface area contributed by atoms with Crippen LogP contribution in [0.2, 0.25) is 0 Å². The Morgan fingerprint density at radius 2 is 2.18 bits per heavy atom. The van der Waals surface area contributed by atoms with Crippen molar-refractivity contribution in [1.82, 2.24) is 10.2 Å². The maximum Gasteiger partial charge on any atom is 0.317 e. The summed E-state index contributed by atoms with van der Waals surface area (Å²) in [6.45, 7) is 10.7. The number of hydrogen-bond acceptors (Lipinski definition) is 2. The average Bonchev–Trinajstić information content (AvgIpc) is 2.29. The number of nitrogens with one attached hydrogen (secondary N) is 1. The van der Waals surface area contributed by atoms with Gasteiger partial charge in [-0.2, -0.15) is 0 Å². The molecule has 0 bridgehead atoms. The van der Waals surface area contributed by atoms with Crippen LogP contribution in [-0.2, 0) is 4.74 Å². The first-order valence-corrected chi connectivity index (χ1v) is 6.37. The number of urea groups is 1. The van der Waals surface area contributed by atoms with Crippen LogP contribution in [0.3, 0.4) is 0 Å². The summed E-state index contributed by atoms with van der Waals surface area (Å²) in [7, 11) is 0. The molecule has 0 radical (unpaired) electrons. The Balaban J connectivity index is 2.21. The zero-order chi connectivity index (χ0) is 12.7. The molecule has 0 atom stereocenters. The molecule has 1 aliphatic heterocycles. The highest BCUT2D eigenvalue weighted by atomic mass is 16.5. The Labute approximate surface area is 104 Å². The van der Waals surface area contributed by atoms with Crippen molar-refractivity contribution in [2.24, 2.45) is 5.92 Å². The SMILES string of the molecule is C=CCOCC1CCN(C(=O)NC(C)C)CC1. The van der Waals surface area contributed by atoms with Crippen LogP contribution in [0.4, 0.5) is 4.79 Å². The van der Waals surface area contributed by atoms with Crippen molar-refractivity contribution in [1.29, 1.82) is 0 Å². The molecule has 4 nitrogen and oxygen atoms in total. The summed E-state index contributed by atoms with van der Waals surface area (Å²) in [6.07, 6.45) is 3.83. The predicted octanol–water partition coefficient (Wildman–Crippen LogP) is 2.02. The highest BCUT2D eigenvalue weighted by Gasteiger charge is 2.22. The summed E-state index contributed by atoms with van der Waals surface area (Å²) in [5, 5.41) is 2.92. The van der Waals surface area contributed by atoms with Crippen molar-refractivity contribution in [3.63, 3.8) is 0 Å². The summed E-state index contributed by atoms with van der Waals surface area (Å²) >= 11 is 0. The average molecular weight is 240 g/mol. The molecule has 0 unspecified atom stereocenters. The highest BCUT2D eigenvalue weighted by Crippen LogP contribution is 2.17. The van der Waals surface area contributed by atoms with Crippen molar-refractivity contribution >= 4 is 6.03 Å². The fourth-order valence-corrected chi connectivity index (χ4v) is 1.96. The Bertz CT molecular complexity index is 246.